The summed E-state index contributed by atoms with van der Waals surface area (Å²) in [6.45, 7) is 2.17. The van der Waals surface area contributed by atoms with Gasteiger partial charge in [-0.3, -0.25) is 4.79 Å². The van der Waals surface area contributed by atoms with E-state index in [1.54, 1.807) is 30.0 Å². The number of hydrogen-bond acceptors (Lipinski definition) is 7. The van der Waals surface area contributed by atoms with Crippen LogP contribution in [-0.4, -0.2) is 34.9 Å². The highest BCUT2D eigenvalue weighted by Gasteiger charge is 2.35. The maximum atomic E-state index is 13.8. The number of nitrogens with one attached hydrogen (secondary N) is 2. The third kappa shape index (κ3) is 5.01. The lowest BCUT2D eigenvalue weighted by Gasteiger charge is -2.30. The second-order valence-electron chi connectivity index (χ2n) is 8.57. The van der Waals surface area contributed by atoms with Crippen LogP contribution >= 0.6 is 11.6 Å². The van der Waals surface area contributed by atoms with Gasteiger partial charge in [0, 0.05) is 22.3 Å². The zero-order valence-electron chi connectivity index (χ0n) is 21.1. The van der Waals surface area contributed by atoms with E-state index in [1.165, 1.54) is 13.4 Å². The summed E-state index contributed by atoms with van der Waals surface area (Å²) in [6.07, 6.45) is 1.45. The van der Waals surface area contributed by atoms with Crippen molar-refractivity contribution in [1.29, 1.82) is 0 Å². The van der Waals surface area contributed by atoms with E-state index in [4.69, 9.17) is 25.8 Å². The highest BCUT2D eigenvalue weighted by Crippen LogP contribution is 2.40. The Labute approximate surface area is 225 Å². The van der Waals surface area contributed by atoms with Gasteiger partial charge in [-0.15, -0.1) is 0 Å². The molecule has 1 unspecified atom stereocenters. The van der Waals surface area contributed by atoms with Gasteiger partial charge in [-0.25, -0.2) is 4.68 Å². The molecule has 0 fully saturated rings. The molecule has 0 bridgehead atoms. The Balaban J connectivity index is 1.51. The Morgan fingerprint density at radius 3 is 2.61 bits per heavy atom. The van der Waals surface area contributed by atoms with Crippen LogP contribution < -0.4 is 24.8 Å². The number of para-hydroxylation sites is 1. The number of allylic oxidation sites excluding steroid dienone is 1. The quantitative estimate of drug-likeness (QED) is 0.311. The lowest BCUT2D eigenvalue weighted by atomic mass is 9.94. The molecule has 194 valence electrons. The van der Waals surface area contributed by atoms with Crippen molar-refractivity contribution in [3.8, 4) is 17.2 Å². The summed E-state index contributed by atoms with van der Waals surface area (Å²) in [5, 5.41) is 11.3. The van der Waals surface area contributed by atoms with Crippen molar-refractivity contribution >= 4 is 29.1 Å². The fraction of sp³-hybridized carbons (Fsp3) is 0.179. The smallest absolute Gasteiger partial charge is 0.255 e. The van der Waals surface area contributed by atoms with Gasteiger partial charge in [-0.2, -0.15) is 10.1 Å². The molecule has 1 atom stereocenters. The number of ether oxygens (including phenoxy) is 3. The minimum atomic E-state index is -0.598. The number of amides is 1. The molecule has 2 N–H and O–H groups in total. The number of benzene rings is 3. The van der Waals surface area contributed by atoms with Crippen LogP contribution in [0.1, 0.15) is 24.1 Å². The van der Waals surface area contributed by atoms with E-state index in [1.807, 2.05) is 55.5 Å². The Morgan fingerprint density at radius 2 is 1.84 bits per heavy atom. The topological polar surface area (TPSA) is 99.5 Å². The summed E-state index contributed by atoms with van der Waals surface area (Å²) in [7, 11) is 3.11. The van der Waals surface area contributed by atoms with Gasteiger partial charge in [0.25, 0.3) is 5.91 Å². The number of fused-ring (bicyclic) bond motifs is 1. The predicted molar refractivity (Wildman–Crippen MR) is 145 cm³/mol. The summed E-state index contributed by atoms with van der Waals surface area (Å²) in [5.74, 6) is 1.92. The third-order valence-corrected chi connectivity index (χ3v) is 6.47. The molecule has 0 aliphatic carbocycles. The second-order valence-corrected chi connectivity index (χ2v) is 9.00. The molecule has 3 aromatic carbocycles. The zero-order chi connectivity index (χ0) is 26.6. The Bertz CT molecular complexity index is 1500. The van der Waals surface area contributed by atoms with Crippen LogP contribution in [0.2, 0.25) is 5.02 Å². The largest absolute Gasteiger partial charge is 0.497 e. The van der Waals surface area contributed by atoms with Gasteiger partial charge in [0.1, 0.15) is 36.2 Å². The first-order valence-electron chi connectivity index (χ1n) is 11.9. The SMILES string of the molecule is COc1ccc(NC(=O)C2=C(C)Nc3ncnn3C2c2ccccc2OCc2ccc(Cl)cc2)c(OC)c1. The Morgan fingerprint density at radius 1 is 1.05 bits per heavy atom. The van der Waals surface area contributed by atoms with E-state index in [2.05, 4.69) is 20.7 Å². The number of methoxy groups -OCH3 is 2. The van der Waals surface area contributed by atoms with Gasteiger partial charge in [-0.05, 0) is 42.8 Å². The van der Waals surface area contributed by atoms with Crippen molar-refractivity contribution in [1.82, 2.24) is 14.8 Å². The van der Waals surface area contributed by atoms with Gasteiger partial charge in [-0.1, -0.05) is 41.9 Å². The molecule has 1 amide bonds. The van der Waals surface area contributed by atoms with E-state index in [-0.39, 0.29) is 5.91 Å². The van der Waals surface area contributed by atoms with Crippen LogP contribution in [0.3, 0.4) is 0 Å². The number of nitrogens with zero attached hydrogens (tertiary/aromatic N) is 3. The molecule has 1 aliphatic heterocycles. The first kappa shape index (κ1) is 25.2. The highest BCUT2D eigenvalue weighted by molar-refractivity contribution is 6.30. The van der Waals surface area contributed by atoms with Crippen molar-refractivity contribution in [2.75, 3.05) is 24.9 Å². The molecular formula is C28H26ClN5O4. The minimum Gasteiger partial charge on any atom is -0.497 e. The van der Waals surface area contributed by atoms with Gasteiger partial charge in [0.15, 0.2) is 0 Å². The summed E-state index contributed by atoms with van der Waals surface area (Å²) >= 11 is 6.02. The summed E-state index contributed by atoms with van der Waals surface area (Å²) in [6, 6.07) is 19.7. The molecule has 4 aromatic rings. The molecule has 0 radical (unpaired) electrons. The van der Waals surface area contributed by atoms with E-state index < -0.39 is 6.04 Å². The number of rotatable bonds is 8. The third-order valence-electron chi connectivity index (χ3n) is 6.22. The average Bonchev–Trinajstić information content (AvgIpc) is 3.40. The van der Waals surface area contributed by atoms with Crippen LogP contribution in [0.25, 0.3) is 0 Å². The minimum absolute atomic E-state index is 0.322. The lowest BCUT2D eigenvalue weighted by Crippen LogP contribution is -2.31. The van der Waals surface area contributed by atoms with Crippen LogP contribution in [0, 0.1) is 0 Å². The predicted octanol–water partition coefficient (Wildman–Crippen LogP) is 5.46. The summed E-state index contributed by atoms with van der Waals surface area (Å²) < 4.78 is 18.7. The van der Waals surface area contributed by atoms with Gasteiger partial charge in [0.2, 0.25) is 5.95 Å². The van der Waals surface area contributed by atoms with E-state index in [0.717, 1.165) is 11.1 Å². The molecule has 1 aliphatic rings. The number of anilines is 2. The van der Waals surface area contributed by atoms with Crippen molar-refractivity contribution < 1.29 is 19.0 Å². The second kappa shape index (κ2) is 10.9. The average molecular weight is 532 g/mol. The van der Waals surface area contributed by atoms with Gasteiger partial charge >= 0.3 is 0 Å². The first-order valence-corrected chi connectivity index (χ1v) is 12.2. The molecule has 10 heteroatoms. The van der Waals surface area contributed by atoms with Crippen molar-refractivity contribution in [3.05, 3.63) is 100 Å². The maximum Gasteiger partial charge on any atom is 0.255 e. The lowest BCUT2D eigenvalue weighted by molar-refractivity contribution is -0.113. The molecule has 5 rings (SSSR count). The van der Waals surface area contributed by atoms with Crippen LogP contribution in [0.4, 0.5) is 11.6 Å². The van der Waals surface area contributed by atoms with Crippen LogP contribution in [-0.2, 0) is 11.4 Å². The van der Waals surface area contributed by atoms with Crippen molar-refractivity contribution in [2.24, 2.45) is 0 Å². The van der Waals surface area contributed by atoms with Gasteiger partial charge < -0.3 is 24.8 Å². The number of halogens is 1. The zero-order valence-corrected chi connectivity index (χ0v) is 21.8. The summed E-state index contributed by atoms with van der Waals surface area (Å²) in [4.78, 5) is 18.2. The Kier molecular flexibility index (Phi) is 7.19. The van der Waals surface area contributed by atoms with E-state index in [9.17, 15) is 4.79 Å². The van der Waals surface area contributed by atoms with Crippen molar-refractivity contribution in [3.63, 3.8) is 0 Å². The molecule has 38 heavy (non-hydrogen) atoms. The monoisotopic (exact) mass is 531 g/mol. The molecule has 0 spiro atoms. The van der Waals surface area contributed by atoms with E-state index in [0.29, 0.717) is 51.8 Å². The molecule has 0 saturated heterocycles. The summed E-state index contributed by atoms with van der Waals surface area (Å²) in [5.41, 5.74) is 3.35. The molecule has 2 heterocycles. The maximum absolute atomic E-state index is 13.8. The van der Waals surface area contributed by atoms with Crippen LogP contribution in [0.15, 0.2) is 84.3 Å². The molecule has 0 saturated carbocycles. The number of aromatic nitrogens is 3. The molecule has 1 aromatic heterocycles. The first-order chi connectivity index (χ1) is 18.5. The van der Waals surface area contributed by atoms with Crippen molar-refractivity contribution in [2.45, 2.75) is 19.6 Å². The van der Waals surface area contributed by atoms with Gasteiger partial charge in [0.05, 0.1) is 25.5 Å². The number of carbonyl (C=O) groups is 1. The Hall–Kier alpha value is -4.50. The molecule has 9 nitrogen and oxygen atoms in total. The van der Waals surface area contributed by atoms with Crippen LogP contribution in [0.5, 0.6) is 17.2 Å². The fourth-order valence-electron chi connectivity index (χ4n) is 4.34. The fourth-order valence-corrected chi connectivity index (χ4v) is 4.47. The number of hydrogen-bond donors (Lipinski definition) is 2. The highest BCUT2D eigenvalue weighted by atomic mass is 35.5. The number of carbonyl (C=O) groups excluding carboxylic acids is 1. The standard InChI is InChI=1S/C28H26ClN5O4/c1-17-25(27(35)33-22-13-12-20(36-2)14-24(22)37-3)26(34-28(32-17)30-16-31-34)21-6-4-5-7-23(21)38-15-18-8-10-19(29)11-9-18/h4-14,16,26H,15H2,1-3H3,(H,33,35)(H,30,31,32). The molecular weight excluding hydrogens is 506 g/mol. The normalized spacial score (nSPS) is 14.4. The van der Waals surface area contributed by atoms with E-state index >= 15 is 0 Å².